The number of pyridine rings is 1. The van der Waals surface area contributed by atoms with E-state index in [1.807, 2.05) is 0 Å². The van der Waals surface area contributed by atoms with Crippen molar-refractivity contribution in [2.45, 2.75) is 19.1 Å². The highest BCUT2D eigenvalue weighted by Gasteiger charge is 2.28. The zero-order chi connectivity index (χ0) is 14.8. The van der Waals surface area contributed by atoms with E-state index in [1.54, 1.807) is 30.3 Å². The van der Waals surface area contributed by atoms with E-state index in [0.29, 0.717) is 5.56 Å². The number of hydrogen-bond donors (Lipinski definition) is 0. The van der Waals surface area contributed by atoms with Crippen molar-refractivity contribution in [3.05, 3.63) is 65.4 Å². The molecule has 0 bridgehead atoms. The van der Waals surface area contributed by atoms with E-state index in [0.717, 1.165) is 4.57 Å². The lowest BCUT2D eigenvalue weighted by molar-refractivity contribution is -0.140. The molecule has 0 amide bonds. The number of halogens is 3. The molecule has 5 heteroatoms. The molecule has 0 saturated carbocycles. The van der Waals surface area contributed by atoms with E-state index in [4.69, 9.17) is 0 Å². The summed E-state index contributed by atoms with van der Waals surface area (Å²) >= 11 is 0. The smallest absolute Gasteiger partial charge is 0.344 e. The second kappa shape index (κ2) is 5.53. The average Bonchev–Trinajstić information content (AvgIpc) is 2.40. The number of nitrogens with zero attached hydrogens (tertiary/aromatic N) is 1. The maximum Gasteiger partial charge on any atom is 0.406 e. The normalized spacial score (nSPS) is 11.6. The van der Waals surface area contributed by atoms with Gasteiger partial charge in [0.05, 0.1) is 0 Å². The van der Waals surface area contributed by atoms with Gasteiger partial charge in [-0.3, -0.25) is 4.79 Å². The fraction of sp³-hybridized carbons (Fsp3) is 0.200. The molecular weight excluding hydrogens is 267 g/mol. The lowest BCUT2D eigenvalue weighted by Crippen LogP contribution is -2.21. The maximum atomic E-state index is 12.5. The van der Waals surface area contributed by atoms with Crippen molar-refractivity contribution in [3.63, 3.8) is 0 Å². The number of rotatable bonds is 3. The van der Waals surface area contributed by atoms with E-state index < -0.39 is 12.7 Å². The molecule has 1 radical (unpaired) electrons. The van der Waals surface area contributed by atoms with Gasteiger partial charge in [-0.25, -0.2) is 0 Å². The molecule has 2 nitrogen and oxygen atoms in total. The number of benzene rings is 1. The highest BCUT2D eigenvalue weighted by atomic mass is 19.4. The Morgan fingerprint density at radius 2 is 1.75 bits per heavy atom. The Bertz CT molecular complexity index is 644. The van der Waals surface area contributed by atoms with Gasteiger partial charge in [0.15, 0.2) is 5.43 Å². The quantitative estimate of drug-likeness (QED) is 0.844. The third-order valence-corrected chi connectivity index (χ3v) is 2.87. The van der Waals surface area contributed by atoms with Gasteiger partial charge >= 0.3 is 6.18 Å². The molecule has 1 heterocycles. The monoisotopic (exact) mass is 280 g/mol. The molecule has 0 unspecified atom stereocenters. The number of aromatic nitrogens is 1. The van der Waals surface area contributed by atoms with Crippen molar-refractivity contribution < 1.29 is 13.2 Å². The first-order valence-electron chi connectivity index (χ1n) is 6.05. The van der Waals surface area contributed by atoms with Crippen molar-refractivity contribution in [2.24, 2.45) is 0 Å². The maximum absolute atomic E-state index is 12.5. The van der Waals surface area contributed by atoms with Crippen LogP contribution in [0.1, 0.15) is 5.56 Å². The van der Waals surface area contributed by atoms with Crippen molar-refractivity contribution in [1.82, 2.24) is 4.57 Å². The summed E-state index contributed by atoms with van der Waals surface area (Å²) in [6, 6.07) is 8.64. The van der Waals surface area contributed by atoms with Crippen molar-refractivity contribution in [3.8, 4) is 11.1 Å². The van der Waals surface area contributed by atoms with E-state index in [1.165, 1.54) is 12.4 Å². The second-order valence-electron chi connectivity index (χ2n) is 4.43. The molecule has 0 aliphatic carbocycles. The molecule has 105 valence electrons. The van der Waals surface area contributed by atoms with Crippen molar-refractivity contribution in [2.75, 3.05) is 0 Å². The molecule has 0 atom stereocenters. The van der Waals surface area contributed by atoms with Crippen LogP contribution in [0.4, 0.5) is 13.2 Å². The van der Waals surface area contributed by atoms with Gasteiger partial charge in [-0.1, -0.05) is 30.3 Å². The molecule has 0 aliphatic rings. The van der Waals surface area contributed by atoms with Gasteiger partial charge in [0, 0.05) is 23.5 Å². The Morgan fingerprint density at radius 1 is 1.10 bits per heavy atom. The first kappa shape index (κ1) is 14.4. The lowest BCUT2D eigenvalue weighted by Gasteiger charge is -2.13. The highest BCUT2D eigenvalue weighted by Crippen LogP contribution is 2.20. The molecule has 1 aromatic carbocycles. The van der Waals surface area contributed by atoms with Crippen LogP contribution in [0.5, 0.6) is 0 Å². The predicted octanol–water partition coefficient (Wildman–Crippen LogP) is 3.45. The molecule has 20 heavy (non-hydrogen) atoms. The summed E-state index contributed by atoms with van der Waals surface area (Å²) in [4.78, 5) is 12.2. The summed E-state index contributed by atoms with van der Waals surface area (Å²) in [7, 11) is 0. The third kappa shape index (κ3) is 3.29. The standard InChI is InChI=1S/C15H13F3NO/c1-2-11-8-19(10-15(16,17)18)9-13(14(11)20)12-6-4-3-5-7-12/h3-9H,1-2,10H2. The average molecular weight is 280 g/mol. The topological polar surface area (TPSA) is 22.0 Å². The van der Waals surface area contributed by atoms with Gasteiger partial charge in [0.25, 0.3) is 0 Å². The lowest BCUT2D eigenvalue weighted by atomic mass is 10.0. The van der Waals surface area contributed by atoms with E-state index in [9.17, 15) is 18.0 Å². The molecular formula is C15H13F3NO. The van der Waals surface area contributed by atoms with Gasteiger partial charge < -0.3 is 4.57 Å². The number of alkyl halides is 3. The van der Waals surface area contributed by atoms with Gasteiger partial charge in [0.1, 0.15) is 6.54 Å². The fourth-order valence-corrected chi connectivity index (χ4v) is 1.99. The summed E-state index contributed by atoms with van der Waals surface area (Å²) in [6.07, 6.45) is -1.72. The van der Waals surface area contributed by atoms with E-state index in [2.05, 4.69) is 6.92 Å². The van der Waals surface area contributed by atoms with E-state index in [-0.39, 0.29) is 23.0 Å². The number of hydrogen-bond acceptors (Lipinski definition) is 1. The van der Waals surface area contributed by atoms with Crippen LogP contribution in [-0.4, -0.2) is 10.7 Å². The van der Waals surface area contributed by atoms with Gasteiger partial charge in [-0.2, -0.15) is 13.2 Å². The van der Waals surface area contributed by atoms with Crippen molar-refractivity contribution in [1.29, 1.82) is 0 Å². The van der Waals surface area contributed by atoms with Gasteiger partial charge in [0.2, 0.25) is 0 Å². The zero-order valence-corrected chi connectivity index (χ0v) is 10.7. The van der Waals surface area contributed by atoms with Crippen LogP contribution in [0.2, 0.25) is 0 Å². The van der Waals surface area contributed by atoms with Gasteiger partial charge in [-0.15, -0.1) is 0 Å². The van der Waals surface area contributed by atoms with E-state index >= 15 is 0 Å². The summed E-state index contributed by atoms with van der Waals surface area (Å²) in [5.74, 6) is 0. The largest absolute Gasteiger partial charge is 0.406 e. The molecule has 0 aliphatic heterocycles. The molecule has 2 rings (SSSR count). The predicted molar refractivity (Wildman–Crippen MR) is 71.3 cm³/mol. The Balaban J connectivity index is 2.56. The minimum Gasteiger partial charge on any atom is -0.344 e. The molecule has 2 aromatic rings. The zero-order valence-electron chi connectivity index (χ0n) is 10.7. The summed E-state index contributed by atoms with van der Waals surface area (Å²) in [5.41, 5.74) is 0.861. The summed E-state index contributed by atoms with van der Waals surface area (Å²) in [5, 5.41) is 0. The minimum atomic E-state index is -4.33. The third-order valence-electron chi connectivity index (χ3n) is 2.87. The van der Waals surface area contributed by atoms with Gasteiger partial charge in [-0.05, 0) is 18.9 Å². The fourth-order valence-electron chi connectivity index (χ4n) is 1.99. The Kier molecular flexibility index (Phi) is 3.97. The van der Waals surface area contributed by atoms with Crippen LogP contribution in [-0.2, 0) is 13.0 Å². The SMILES string of the molecule is [CH2]Cc1cn(CC(F)(F)F)cc(-c2ccccc2)c1=O. The molecule has 0 saturated heterocycles. The second-order valence-corrected chi connectivity index (χ2v) is 4.43. The Morgan fingerprint density at radius 3 is 2.30 bits per heavy atom. The van der Waals surface area contributed by atoms with Crippen LogP contribution in [0.15, 0.2) is 47.5 Å². The first-order chi connectivity index (χ1) is 9.40. The summed E-state index contributed by atoms with van der Waals surface area (Å²) in [6.45, 7) is 2.47. The Labute approximate surface area is 114 Å². The van der Waals surface area contributed by atoms with Crippen LogP contribution < -0.4 is 5.43 Å². The molecule has 1 aromatic heterocycles. The van der Waals surface area contributed by atoms with Crippen LogP contribution in [0.25, 0.3) is 11.1 Å². The minimum absolute atomic E-state index is 0.150. The van der Waals surface area contributed by atoms with Crippen LogP contribution in [0.3, 0.4) is 0 Å². The molecule has 0 fully saturated rings. The summed E-state index contributed by atoms with van der Waals surface area (Å²) < 4.78 is 38.5. The van der Waals surface area contributed by atoms with Crippen LogP contribution >= 0.6 is 0 Å². The molecule has 0 spiro atoms. The Hall–Kier alpha value is -2.04. The molecule has 0 N–H and O–H groups in total. The van der Waals surface area contributed by atoms with Crippen LogP contribution in [0, 0.1) is 6.92 Å². The first-order valence-corrected chi connectivity index (χ1v) is 6.05. The van der Waals surface area contributed by atoms with Crippen molar-refractivity contribution >= 4 is 0 Å². The highest BCUT2D eigenvalue weighted by molar-refractivity contribution is 5.62.